The van der Waals surface area contributed by atoms with Gasteiger partial charge < -0.3 is 69.9 Å². The molecule has 39 heavy (non-hydrogen) atoms. The lowest BCUT2D eigenvalue weighted by Gasteiger charge is -2.49. The summed E-state index contributed by atoms with van der Waals surface area (Å²) in [6.07, 6.45) is -22.7. The topological polar surface area (TPSA) is 291 Å². The summed E-state index contributed by atoms with van der Waals surface area (Å²) in [6, 6.07) is -1.57. The van der Waals surface area contributed by atoms with Gasteiger partial charge in [0.2, 0.25) is 5.91 Å². The van der Waals surface area contributed by atoms with E-state index in [4.69, 9.17) is 23.7 Å². The van der Waals surface area contributed by atoms with Gasteiger partial charge in [-0.2, -0.15) is 8.42 Å². The van der Waals surface area contributed by atoms with Crippen LogP contribution in [0.15, 0.2) is 0 Å². The summed E-state index contributed by atoms with van der Waals surface area (Å²) in [4.78, 5) is 11.9. The van der Waals surface area contributed by atoms with Crippen molar-refractivity contribution in [1.29, 1.82) is 0 Å². The van der Waals surface area contributed by atoms with Crippen LogP contribution in [0.1, 0.15) is 13.8 Å². The van der Waals surface area contributed by atoms with Crippen molar-refractivity contribution < 1.29 is 82.3 Å². The minimum Gasteiger partial charge on any atom is -0.394 e. The number of hydrogen-bond donors (Lipinski definition) is 10. The van der Waals surface area contributed by atoms with Crippen LogP contribution in [-0.2, 0) is 38.6 Å². The molecule has 3 fully saturated rings. The van der Waals surface area contributed by atoms with Crippen molar-refractivity contribution in [3.63, 3.8) is 0 Å². The third kappa shape index (κ3) is 6.85. The normalized spacial score (nSPS) is 47.5. The maximum absolute atomic E-state index is 11.9. The minimum atomic E-state index is -5.15. The Morgan fingerprint density at radius 2 is 1.36 bits per heavy atom. The molecule has 3 saturated heterocycles. The lowest BCUT2D eigenvalue weighted by Crippen LogP contribution is -2.69. The predicted octanol–water partition coefficient (Wildman–Crippen LogP) is -6.51. The molecule has 0 unspecified atom stereocenters. The smallest absolute Gasteiger partial charge is 0.273 e. The third-order valence-corrected chi connectivity index (χ3v) is 8.02. The molecule has 3 heterocycles. The van der Waals surface area contributed by atoms with Crippen molar-refractivity contribution in [3.8, 4) is 0 Å². The molecule has 1 amide bonds. The van der Waals surface area contributed by atoms with E-state index in [1.165, 1.54) is 6.92 Å². The Kier molecular flexibility index (Phi) is 10.6. The van der Waals surface area contributed by atoms with E-state index in [1.807, 2.05) is 0 Å². The van der Waals surface area contributed by atoms with Crippen molar-refractivity contribution in [1.82, 2.24) is 5.32 Å². The summed E-state index contributed by atoms with van der Waals surface area (Å²) in [7, 11) is -5.15. The van der Waals surface area contributed by atoms with Gasteiger partial charge in [0.1, 0.15) is 66.2 Å². The van der Waals surface area contributed by atoms with E-state index in [-0.39, 0.29) is 0 Å². The molecule has 10 N–H and O–H groups in total. The zero-order valence-electron chi connectivity index (χ0n) is 20.8. The number of aliphatic hydroxyl groups excluding tert-OH is 8. The summed E-state index contributed by atoms with van der Waals surface area (Å²) < 4.78 is 60.8. The molecule has 0 radical (unpaired) electrons. The molecule has 0 bridgehead atoms. The molecule has 0 aromatic heterocycles. The van der Waals surface area contributed by atoms with E-state index in [2.05, 4.69) is 5.32 Å². The summed E-state index contributed by atoms with van der Waals surface area (Å²) >= 11 is 0. The van der Waals surface area contributed by atoms with Gasteiger partial charge in [-0.15, -0.1) is 0 Å². The van der Waals surface area contributed by atoms with Crippen molar-refractivity contribution in [2.24, 2.45) is 0 Å². The van der Waals surface area contributed by atoms with E-state index in [0.29, 0.717) is 0 Å². The van der Waals surface area contributed by atoms with Gasteiger partial charge >= 0.3 is 0 Å². The molecule has 0 saturated carbocycles. The van der Waals surface area contributed by atoms with Gasteiger partial charge in [-0.3, -0.25) is 9.35 Å². The first-order valence-electron chi connectivity index (χ1n) is 11.9. The Hall–Kier alpha value is -1.14. The van der Waals surface area contributed by atoms with Crippen LogP contribution in [0.5, 0.6) is 0 Å². The van der Waals surface area contributed by atoms with Gasteiger partial charge in [0.15, 0.2) is 18.9 Å². The molecule has 3 aliphatic heterocycles. The second-order valence-corrected chi connectivity index (χ2v) is 11.1. The highest BCUT2D eigenvalue weighted by molar-refractivity contribution is 7.86. The number of carbonyl (C=O) groups is 1. The fourth-order valence-corrected chi connectivity index (χ4v) is 5.74. The number of hydrogen-bond acceptors (Lipinski definition) is 16. The van der Waals surface area contributed by atoms with Gasteiger partial charge in [0, 0.05) is 6.92 Å². The van der Waals surface area contributed by atoms with Gasteiger partial charge in [-0.05, 0) is 6.92 Å². The van der Waals surface area contributed by atoms with E-state index in [9.17, 15) is 58.6 Å². The zero-order valence-corrected chi connectivity index (χ0v) is 21.6. The summed E-state index contributed by atoms with van der Waals surface area (Å²) in [5.41, 5.74) is 0. The van der Waals surface area contributed by atoms with Crippen LogP contribution in [0.3, 0.4) is 0 Å². The quantitative estimate of drug-likeness (QED) is 0.117. The van der Waals surface area contributed by atoms with Crippen LogP contribution in [0.25, 0.3) is 0 Å². The molecular formula is C20H35NO17S. The molecule has 3 aliphatic rings. The van der Waals surface area contributed by atoms with E-state index >= 15 is 0 Å². The highest BCUT2D eigenvalue weighted by Crippen LogP contribution is 2.34. The fraction of sp³-hybridized carbons (Fsp3) is 0.950. The van der Waals surface area contributed by atoms with Crippen LogP contribution in [0, 0.1) is 0 Å². The van der Waals surface area contributed by atoms with Crippen LogP contribution in [0.4, 0.5) is 0 Å². The standard InChI is InChI=1S/C20H35NO17S/c1-5-10(25)12(27)13(28)19(34-5)37-15-8(4-23)35-18(30)9(21-6(2)24)16(15)38-20-14(29)17(39(31,32)33)11(26)7(3-22)36-20/h5,7-20,22-23,25-30H,3-4H2,1-2H3,(H,21,24)(H,31,32,33)/t5-,7-,8-,9-,10+,11+,12+,13-,14-,15-,16-,17+,18-,19+,20+/m1/s1. The molecule has 0 aromatic carbocycles. The van der Waals surface area contributed by atoms with E-state index < -0.39 is 120 Å². The Bertz CT molecular complexity index is 939. The Labute approximate surface area is 222 Å². The first kappa shape index (κ1) is 32.4. The summed E-state index contributed by atoms with van der Waals surface area (Å²) in [5, 5.41) is 81.4. The van der Waals surface area contributed by atoms with Crippen molar-refractivity contribution in [2.45, 2.75) is 105 Å². The third-order valence-electron chi connectivity index (χ3n) is 6.77. The Morgan fingerprint density at radius 1 is 0.795 bits per heavy atom. The Balaban J connectivity index is 1.99. The lowest BCUT2D eigenvalue weighted by atomic mass is 9.94. The summed E-state index contributed by atoms with van der Waals surface area (Å²) in [6.45, 7) is 0.572. The first-order valence-corrected chi connectivity index (χ1v) is 13.4. The van der Waals surface area contributed by atoms with Crippen molar-refractivity contribution in [2.75, 3.05) is 13.2 Å². The van der Waals surface area contributed by atoms with Crippen LogP contribution >= 0.6 is 0 Å². The molecule has 18 nitrogen and oxygen atoms in total. The molecule has 0 aliphatic carbocycles. The molecule has 15 atom stereocenters. The van der Waals surface area contributed by atoms with Crippen LogP contribution < -0.4 is 5.32 Å². The highest BCUT2D eigenvalue weighted by atomic mass is 32.2. The van der Waals surface area contributed by atoms with Crippen molar-refractivity contribution in [3.05, 3.63) is 0 Å². The van der Waals surface area contributed by atoms with Gasteiger partial charge in [-0.25, -0.2) is 0 Å². The van der Waals surface area contributed by atoms with Gasteiger partial charge in [0.05, 0.1) is 19.3 Å². The number of amides is 1. The monoisotopic (exact) mass is 593 g/mol. The first-order chi connectivity index (χ1) is 18.1. The predicted molar refractivity (Wildman–Crippen MR) is 121 cm³/mol. The largest absolute Gasteiger partial charge is 0.394 e. The lowest BCUT2D eigenvalue weighted by molar-refractivity contribution is -0.364. The van der Waals surface area contributed by atoms with E-state index in [0.717, 1.165) is 6.92 Å². The average Bonchev–Trinajstić information content (AvgIpc) is 2.84. The molecule has 228 valence electrons. The molecule has 0 spiro atoms. The van der Waals surface area contributed by atoms with Crippen LogP contribution in [-0.4, -0.2) is 164 Å². The fourth-order valence-electron chi connectivity index (χ4n) is 4.73. The minimum absolute atomic E-state index is 0.733. The highest BCUT2D eigenvalue weighted by Gasteiger charge is 2.56. The molecule has 19 heteroatoms. The maximum atomic E-state index is 11.9. The molecule has 3 rings (SSSR count). The van der Waals surface area contributed by atoms with Crippen LogP contribution in [0.2, 0.25) is 0 Å². The molecule has 0 aromatic rings. The molecular weight excluding hydrogens is 558 g/mol. The average molecular weight is 594 g/mol. The van der Waals surface area contributed by atoms with E-state index in [1.54, 1.807) is 0 Å². The number of carbonyl (C=O) groups excluding carboxylic acids is 1. The van der Waals surface area contributed by atoms with Gasteiger partial charge in [0.25, 0.3) is 10.1 Å². The van der Waals surface area contributed by atoms with Crippen molar-refractivity contribution >= 4 is 16.0 Å². The summed E-state index contributed by atoms with van der Waals surface area (Å²) in [5.74, 6) is -0.733. The maximum Gasteiger partial charge on any atom is 0.273 e. The number of aliphatic hydroxyl groups is 8. The second-order valence-electron chi connectivity index (χ2n) is 9.54. The van der Waals surface area contributed by atoms with Gasteiger partial charge in [-0.1, -0.05) is 0 Å². The number of ether oxygens (including phenoxy) is 5. The number of nitrogens with one attached hydrogen (secondary N) is 1. The number of rotatable bonds is 8. The second kappa shape index (κ2) is 12.8. The Morgan fingerprint density at radius 3 is 1.90 bits per heavy atom. The zero-order chi connectivity index (χ0) is 29.4. The SMILES string of the molecule is CC(=O)N[C@@H]1[C@@H](O[C@@H]2O[C@H](CO)[C@H](O)[C@H](S(=O)(=O)O)[C@H]2O)[C@H](O[C@@H]2O[C@H](C)[C@H](O)[C@H](O)[C@H]2O)[C@@H](CO)O[C@H]1O.